The third kappa shape index (κ3) is 2.40. The maximum Gasteiger partial charge on any atom is 0.253 e. The van der Waals surface area contributed by atoms with Gasteiger partial charge < -0.3 is 14.4 Å². The number of hydrogen-bond donors (Lipinski definition) is 0. The third-order valence-electron chi connectivity index (χ3n) is 4.05. The Morgan fingerprint density at radius 1 is 1.25 bits per heavy atom. The number of fused-ring (bicyclic) bond motifs is 1. The summed E-state index contributed by atoms with van der Waals surface area (Å²) in [6.07, 6.45) is 0.908. The molecule has 108 valence electrons. The van der Waals surface area contributed by atoms with Crippen molar-refractivity contribution < 1.29 is 14.3 Å². The summed E-state index contributed by atoms with van der Waals surface area (Å²) in [6, 6.07) is 5.79. The molecule has 1 aromatic rings. The van der Waals surface area contributed by atoms with Crippen molar-refractivity contribution >= 4 is 5.91 Å². The Hall–Kier alpha value is -1.55. The van der Waals surface area contributed by atoms with Crippen LogP contribution in [0.3, 0.4) is 0 Å². The van der Waals surface area contributed by atoms with Gasteiger partial charge in [0.05, 0.1) is 13.2 Å². The fourth-order valence-corrected chi connectivity index (χ4v) is 2.79. The average Bonchev–Trinajstić information content (AvgIpc) is 2.64. The van der Waals surface area contributed by atoms with Crippen molar-refractivity contribution in [3.63, 3.8) is 0 Å². The Morgan fingerprint density at radius 2 is 2.10 bits per heavy atom. The molecule has 0 atom stereocenters. The second-order valence-corrected chi connectivity index (χ2v) is 6.14. The maximum absolute atomic E-state index is 12.6. The highest BCUT2D eigenvalue weighted by Crippen LogP contribution is 2.38. The van der Waals surface area contributed by atoms with Gasteiger partial charge in [0.25, 0.3) is 5.91 Å². The standard InChI is InChI=1S/C16H21NO3/c1-16(2)11-20-14-5-4-12(10-13(14)16)15(18)17-6-3-8-19-9-7-17/h4-5,10H,3,6-9,11H2,1-2H3. The highest BCUT2D eigenvalue weighted by Gasteiger charge is 2.32. The van der Waals surface area contributed by atoms with Gasteiger partial charge in [-0.25, -0.2) is 0 Å². The number of rotatable bonds is 1. The van der Waals surface area contributed by atoms with Gasteiger partial charge in [-0.3, -0.25) is 4.79 Å². The summed E-state index contributed by atoms with van der Waals surface area (Å²) in [7, 11) is 0. The third-order valence-corrected chi connectivity index (χ3v) is 4.05. The van der Waals surface area contributed by atoms with Crippen LogP contribution in [-0.4, -0.2) is 43.7 Å². The Balaban J connectivity index is 1.85. The van der Waals surface area contributed by atoms with Gasteiger partial charge in [-0.2, -0.15) is 0 Å². The molecular formula is C16H21NO3. The molecule has 0 spiro atoms. The number of carbonyl (C=O) groups is 1. The van der Waals surface area contributed by atoms with Crippen LogP contribution < -0.4 is 4.74 Å². The lowest BCUT2D eigenvalue weighted by Gasteiger charge is -2.21. The minimum atomic E-state index is -0.0203. The van der Waals surface area contributed by atoms with Crippen LogP contribution in [0.2, 0.25) is 0 Å². The van der Waals surface area contributed by atoms with E-state index in [4.69, 9.17) is 9.47 Å². The molecule has 4 nitrogen and oxygen atoms in total. The highest BCUT2D eigenvalue weighted by molar-refractivity contribution is 5.94. The molecule has 1 fully saturated rings. The van der Waals surface area contributed by atoms with E-state index < -0.39 is 0 Å². The van der Waals surface area contributed by atoms with Crippen LogP contribution in [0.1, 0.15) is 36.2 Å². The van der Waals surface area contributed by atoms with E-state index in [1.54, 1.807) is 0 Å². The van der Waals surface area contributed by atoms with Crippen molar-refractivity contribution in [1.82, 2.24) is 4.90 Å². The van der Waals surface area contributed by atoms with Crippen LogP contribution in [0.15, 0.2) is 18.2 Å². The molecule has 2 aliphatic rings. The zero-order valence-corrected chi connectivity index (χ0v) is 12.1. The molecule has 0 N–H and O–H groups in total. The van der Waals surface area contributed by atoms with Gasteiger partial charge in [0.1, 0.15) is 5.75 Å². The Kier molecular flexibility index (Phi) is 3.42. The Labute approximate surface area is 119 Å². The van der Waals surface area contributed by atoms with Crippen molar-refractivity contribution in [2.75, 3.05) is 32.9 Å². The zero-order chi connectivity index (χ0) is 14.2. The van der Waals surface area contributed by atoms with Gasteiger partial charge in [0, 0.05) is 36.2 Å². The van der Waals surface area contributed by atoms with Crippen molar-refractivity contribution in [2.45, 2.75) is 25.7 Å². The summed E-state index contributed by atoms with van der Waals surface area (Å²) in [5.74, 6) is 1.01. The topological polar surface area (TPSA) is 38.8 Å². The van der Waals surface area contributed by atoms with Crippen LogP contribution in [0, 0.1) is 0 Å². The molecule has 0 saturated carbocycles. The first-order valence-electron chi connectivity index (χ1n) is 7.22. The largest absolute Gasteiger partial charge is 0.492 e. The molecule has 0 unspecified atom stereocenters. The van der Waals surface area contributed by atoms with E-state index in [1.807, 2.05) is 23.1 Å². The lowest BCUT2D eigenvalue weighted by molar-refractivity contribution is 0.0741. The first-order valence-corrected chi connectivity index (χ1v) is 7.22. The molecule has 2 heterocycles. The summed E-state index contributed by atoms with van der Waals surface area (Å²) in [5.41, 5.74) is 1.87. The number of hydrogen-bond acceptors (Lipinski definition) is 3. The van der Waals surface area contributed by atoms with E-state index in [1.165, 1.54) is 0 Å². The molecule has 1 saturated heterocycles. The molecule has 0 radical (unpaired) electrons. The van der Waals surface area contributed by atoms with Gasteiger partial charge in [0.2, 0.25) is 0 Å². The van der Waals surface area contributed by atoms with E-state index in [9.17, 15) is 4.79 Å². The molecule has 0 bridgehead atoms. The molecule has 0 aromatic heterocycles. The minimum Gasteiger partial charge on any atom is -0.492 e. The fourth-order valence-electron chi connectivity index (χ4n) is 2.79. The van der Waals surface area contributed by atoms with Gasteiger partial charge in [-0.05, 0) is 24.6 Å². The quantitative estimate of drug-likeness (QED) is 0.789. The van der Waals surface area contributed by atoms with E-state index in [2.05, 4.69) is 13.8 Å². The molecular weight excluding hydrogens is 254 g/mol. The summed E-state index contributed by atoms with van der Waals surface area (Å²) in [4.78, 5) is 14.5. The molecule has 0 aliphatic carbocycles. The number of benzene rings is 1. The van der Waals surface area contributed by atoms with Gasteiger partial charge in [-0.1, -0.05) is 13.8 Å². The van der Waals surface area contributed by atoms with E-state index in [0.717, 1.165) is 36.4 Å². The highest BCUT2D eigenvalue weighted by atomic mass is 16.5. The predicted molar refractivity (Wildman–Crippen MR) is 76.3 cm³/mol. The molecule has 1 amide bonds. The van der Waals surface area contributed by atoms with Crippen LogP contribution >= 0.6 is 0 Å². The number of amides is 1. The smallest absolute Gasteiger partial charge is 0.253 e. The summed E-state index contributed by atoms with van der Waals surface area (Å²) >= 11 is 0. The van der Waals surface area contributed by atoms with Gasteiger partial charge >= 0.3 is 0 Å². The zero-order valence-electron chi connectivity index (χ0n) is 12.1. The molecule has 1 aromatic carbocycles. The van der Waals surface area contributed by atoms with E-state index >= 15 is 0 Å². The van der Waals surface area contributed by atoms with Gasteiger partial charge in [0.15, 0.2) is 0 Å². The number of ether oxygens (including phenoxy) is 2. The minimum absolute atomic E-state index is 0.0203. The fraction of sp³-hybridized carbons (Fsp3) is 0.562. The van der Waals surface area contributed by atoms with E-state index in [-0.39, 0.29) is 11.3 Å². The maximum atomic E-state index is 12.6. The van der Waals surface area contributed by atoms with Crippen molar-refractivity contribution in [1.29, 1.82) is 0 Å². The lowest BCUT2D eigenvalue weighted by atomic mass is 9.86. The van der Waals surface area contributed by atoms with Crippen LogP contribution in [0.4, 0.5) is 0 Å². The van der Waals surface area contributed by atoms with Crippen molar-refractivity contribution in [3.8, 4) is 5.75 Å². The van der Waals surface area contributed by atoms with Crippen LogP contribution in [0.5, 0.6) is 5.75 Å². The number of nitrogens with zero attached hydrogens (tertiary/aromatic N) is 1. The van der Waals surface area contributed by atoms with Crippen LogP contribution in [0.25, 0.3) is 0 Å². The monoisotopic (exact) mass is 275 g/mol. The predicted octanol–water partition coefficient (Wildman–Crippen LogP) is 2.22. The summed E-state index contributed by atoms with van der Waals surface area (Å²) < 4.78 is 11.1. The van der Waals surface area contributed by atoms with E-state index in [0.29, 0.717) is 19.8 Å². The molecule has 3 rings (SSSR count). The molecule has 20 heavy (non-hydrogen) atoms. The Bertz CT molecular complexity index is 516. The second kappa shape index (κ2) is 5.09. The molecule has 2 aliphatic heterocycles. The first-order chi connectivity index (χ1) is 9.58. The van der Waals surface area contributed by atoms with Crippen molar-refractivity contribution in [2.24, 2.45) is 0 Å². The lowest BCUT2D eigenvalue weighted by Crippen LogP contribution is -2.33. The van der Waals surface area contributed by atoms with Gasteiger partial charge in [-0.15, -0.1) is 0 Å². The summed E-state index contributed by atoms with van der Waals surface area (Å²) in [5, 5.41) is 0. The number of carbonyl (C=O) groups excluding carboxylic acids is 1. The summed E-state index contributed by atoms with van der Waals surface area (Å²) in [6.45, 7) is 7.79. The van der Waals surface area contributed by atoms with Crippen LogP contribution in [-0.2, 0) is 10.2 Å². The normalized spacial score (nSPS) is 21.0. The van der Waals surface area contributed by atoms with Crippen molar-refractivity contribution in [3.05, 3.63) is 29.3 Å². The molecule has 4 heteroatoms. The SMILES string of the molecule is CC1(C)COc2ccc(C(=O)N3CCCOCC3)cc21. The first kappa shape index (κ1) is 13.4. The second-order valence-electron chi connectivity index (χ2n) is 6.14. The Morgan fingerprint density at radius 3 is 2.95 bits per heavy atom. The average molecular weight is 275 g/mol.